The first kappa shape index (κ1) is 29.8. The largest absolute Gasteiger partial charge is 0.388 e. The predicted molar refractivity (Wildman–Crippen MR) is 164 cm³/mol. The molecule has 2 aromatic heterocycles. The first-order chi connectivity index (χ1) is 19.9. The number of hydrogen-bond acceptors (Lipinski definition) is 6. The summed E-state index contributed by atoms with van der Waals surface area (Å²) in [4.78, 5) is 22.5. The lowest BCUT2D eigenvalue weighted by Crippen LogP contribution is -2.46. The molecule has 0 aliphatic heterocycles. The molecule has 220 valence electrons. The molecule has 3 N–H and O–H groups in total. The highest BCUT2D eigenvalue weighted by Gasteiger charge is 2.34. The number of pyridine rings is 2. The lowest BCUT2D eigenvalue weighted by Gasteiger charge is -2.34. The summed E-state index contributed by atoms with van der Waals surface area (Å²) in [5, 5.41) is 14.5. The van der Waals surface area contributed by atoms with Gasteiger partial charge in [0, 0.05) is 34.3 Å². The number of amides is 1. The number of aromatic nitrogens is 2. The van der Waals surface area contributed by atoms with Crippen molar-refractivity contribution >= 4 is 26.8 Å². The average Bonchev–Trinajstić information content (AvgIpc) is 2.94. The van der Waals surface area contributed by atoms with E-state index in [0.29, 0.717) is 31.2 Å². The first-order valence-electron chi connectivity index (χ1n) is 14.4. The molecular weight excluding hydrogens is 548 g/mol. The smallest absolute Gasteiger partial charge is 0.240 e. The lowest BCUT2D eigenvalue weighted by molar-refractivity contribution is -0.128. The summed E-state index contributed by atoms with van der Waals surface area (Å²) >= 11 is 0. The van der Waals surface area contributed by atoms with Crippen LogP contribution in [-0.2, 0) is 14.8 Å². The van der Waals surface area contributed by atoms with Crippen LogP contribution in [0.5, 0.6) is 0 Å². The SMILES string of the molecule is Cc1cc(-c2ccc3cc(S(=O)(=O)NC4CCC(C(=O)NC(c5ccccc5)C(C)(C)O)CC4)ccc3n2)cc(C)n1. The maximum absolute atomic E-state index is 13.3. The maximum atomic E-state index is 13.3. The van der Waals surface area contributed by atoms with Crippen molar-refractivity contribution in [2.45, 2.75) is 76.0 Å². The second-order valence-corrected chi connectivity index (χ2v) is 13.6. The predicted octanol–water partition coefficient (Wildman–Crippen LogP) is 5.38. The van der Waals surface area contributed by atoms with E-state index in [1.165, 1.54) is 0 Å². The van der Waals surface area contributed by atoms with Crippen molar-refractivity contribution in [3.8, 4) is 11.3 Å². The Bertz CT molecular complexity index is 1670. The third kappa shape index (κ3) is 6.86. The Kier molecular flexibility index (Phi) is 8.46. The molecule has 42 heavy (non-hydrogen) atoms. The Balaban J connectivity index is 1.22. The normalized spacial score (nSPS) is 18.5. The molecule has 2 aromatic carbocycles. The standard InChI is InChI=1S/C33H38N4O4S/c1-21-18-26(19-22(2)34-21)30-16-12-25-20-28(15-17-29(25)35-30)42(40,41)37-27-13-10-24(11-14-27)32(38)36-31(33(3,4)39)23-8-6-5-7-9-23/h5-9,12,15-20,24,27,31,37,39H,10-11,13-14H2,1-4H3,(H,36,38). The maximum Gasteiger partial charge on any atom is 0.240 e. The summed E-state index contributed by atoms with van der Waals surface area (Å²) in [6.45, 7) is 7.26. The van der Waals surface area contributed by atoms with E-state index in [-0.39, 0.29) is 22.8 Å². The number of rotatable bonds is 8. The molecule has 1 saturated carbocycles. The number of carbonyl (C=O) groups is 1. The monoisotopic (exact) mass is 586 g/mol. The molecule has 1 unspecified atom stereocenters. The second kappa shape index (κ2) is 11.9. The summed E-state index contributed by atoms with van der Waals surface area (Å²) in [5.74, 6) is -0.362. The Morgan fingerprint density at radius 2 is 1.57 bits per heavy atom. The van der Waals surface area contributed by atoms with E-state index >= 15 is 0 Å². The zero-order chi connectivity index (χ0) is 30.1. The average molecular weight is 587 g/mol. The summed E-state index contributed by atoms with van der Waals surface area (Å²) < 4.78 is 29.4. The van der Waals surface area contributed by atoms with Gasteiger partial charge in [0.05, 0.1) is 27.7 Å². The summed E-state index contributed by atoms with van der Waals surface area (Å²) in [5.41, 5.74) is 4.02. The minimum Gasteiger partial charge on any atom is -0.388 e. The fraction of sp³-hybridized carbons (Fsp3) is 0.364. The number of carbonyl (C=O) groups excluding carboxylic acids is 1. The number of benzene rings is 2. The van der Waals surface area contributed by atoms with Gasteiger partial charge < -0.3 is 10.4 Å². The van der Waals surface area contributed by atoms with Gasteiger partial charge in [0.2, 0.25) is 15.9 Å². The molecule has 1 fully saturated rings. The van der Waals surface area contributed by atoms with Crippen LogP contribution >= 0.6 is 0 Å². The zero-order valence-electron chi connectivity index (χ0n) is 24.5. The minimum absolute atomic E-state index is 0.120. The molecular formula is C33H38N4O4S. The van der Waals surface area contributed by atoms with Crippen molar-refractivity contribution < 1.29 is 18.3 Å². The van der Waals surface area contributed by atoms with Crippen molar-refractivity contribution in [3.05, 3.63) is 89.7 Å². The lowest BCUT2D eigenvalue weighted by atomic mass is 9.84. The van der Waals surface area contributed by atoms with Crippen LogP contribution in [0.4, 0.5) is 0 Å². The topological polar surface area (TPSA) is 121 Å². The summed E-state index contributed by atoms with van der Waals surface area (Å²) in [6, 6.07) is 21.4. The fourth-order valence-corrected chi connectivity index (χ4v) is 7.09. The third-order valence-electron chi connectivity index (χ3n) is 7.89. The number of nitrogens with zero attached hydrogens (tertiary/aromatic N) is 2. The first-order valence-corrected chi connectivity index (χ1v) is 15.8. The highest BCUT2D eigenvalue weighted by atomic mass is 32.2. The van der Waals surface area contributed by atoms with Crippen LogP contribution in [0.1, 0.15) is 62.5 Å². The summed E-state index contributed by atoms with van der Waals surface area (Å²) in [6.07, 6.45) is 2.23. The van der Waals surface area contributed by atoms with Gasteiger partial charge in [-0.05, 0) is 95.3 Å². The number of aliphatic hydroxyl groups is 1. The molecule has 1 amide bonds. The van der Waals surface area contributed by atoms with Crippen LogP contribution in [0.3, 0.4) is 0 Å². The number of nitrogens with one attached hydrogen (secondary N) is 2. The van der Waals surface area contributed by atoms with Gasteiger partial charge in [0.15, 0.2) is 0 Å². The van der Waals surface area contributed by atoms with Gasteiger partial charge in [0.25, 0.3) is 0 Å². The van der Waals surface area contributed by atoms with Gasteiger partial charge in [-0.3, -0.25) is 9.78 Å². The van der Waals surface area contributed by atoms with E-state index in [2.05, 4.69) is 15.0 Å². The Morgan fingerprint density at radius 3 is 2.21 bits per heavy atom. The second-order valence-electron chi connectivity index (χ2n) is 11.9. The highest BCUT2D eigenvalue weighted by Crippen LogP contribution is 2.30. The van der Waals surface area contributed by atoms with E-state index in [4.69, 9.17) is 4.98 Å². The molecule has 8 nitrogen and oxygen atoms in total. The van der Waals surface area contributed by atoms with Crippen molar-refractivity contribution in [1.29, 1.82) is 0 Å². The van der Waals surface area contributed by atoms with Crippen LogP contribution < -0.4 is 10.0 Å². The molecule has 1 atom stereocenters. The van der Waals surface area contributed by atoms with E-state index in [9.17, 15) is 18.3 Å². The number of aryl methyl sites for hydroxylation is 2. The van der Waals surface area contributed by atoms with E-state index in [1.54, 1.807) is 32.0 Å². The molecule has 0 spiro atoms. The molecule has 0 radical (unpaired) electrons. The van der Waals surface area contributed by atoms with Gasteiger partial charge in [-0.15, -0.1) is 0 Å². The molecule has 2 heterocycles. The van der Waals surface area contributed by atoms with E-state index in [1.807, 2.05) is 68.4 Å². The number of fused-ring (bicyclic) bond motifs is 1. The van der Waals surface area contributed by atoms with Gasteiger partial charge >= 0.3 is 0 Å². The van der Waals surface area contributed by atoms with Gasteiger partial charge in [-0.1, -0.05) is 36.4 Å². The van der Waals surface area contributed by atoms with E-state index < -0.39 is 21.7 Å². The van der Waals surface area contributed by atoms with Crippen molar-refractivity contribution in [1.82, 2.24) is 20.0 Å². The van der Waals surface area contributed by atoms with Crippen molar-refractivity contribution in [3.63, 3.8) is 0 Å². The van der Waals surface area contributed by atoms with Crippen molar-refractivity contribution in [2.24, 2.45) is 5.92 Å². The highest BCUT2D eigenvalue weighted by molar-refractivity contribution is 7.89. The molecule has 9 heteroatoms. The zero-order valence-corrected chi connectivity index (χ0v) is 25.3. The molecule has 1 aliphatic rings. The molecule has 4 aromatic rings. The quantitative estimate of drug-likeness (QED) is 0.255. The van der Waals surface area contributed by atoms with Crippen molar-refractivity contribution in [2.75, 3.05) is 0 Å². The number of sulfonamides is 1. The Morgan fingerprint density at radius 1 is 0.905 bits per heavy atom. The van der Waals surface area contributed by atoms with Crippen LogP contribution in [0.2, 0.25) is 0 Å². The van der Waals surface area contributed by atoms with Crippen LogP contribution in [-0.4, -0.2) is 41.0 Å². The Hall–Kier alpha value is -3.66. The minimum atomic E-state index is -3.76. The Labute approximate surface area is 247 Å². The molecule has 1 aliphatic carbocycles. The van der Waals surface area contributed by atoms with E-state index in [0.717, 1.165) is 33.6 Å². The number of hydrogen-bond donors (Lipinski definition) is 3. The molecule has 0 saturated heterocycles. The van der Waals surface area contributed by atoms with Crippen LogP contribution in [0.15, 0.2) is 77.7 Å². The van der Waals surface area contributed by atoms with Crippen LogP contribution in [0, 0.1) is 19.8 Å². The van der Waals surface area contributed by atoms with Gasteiger partial charge in [-0.25, -0.2) is 18.1 Å². The molecule has 0 bridgehead atoms. The van der Waals surface area contributed by atoms with Gasteiger partial charge in [0.1, 0.15) is 0 Å². The third-order valence-corrected chi connectivity index (χ3v) is 9.41. The van der Waals surface area contributed by atoms with Gasteiger partial charge in [-0.2, -0.15) is 0 Å². The summed E-state index contributed by atoms with van der Waals surface area (Å²) in [7, 11) is -3.76. The fourth-order valence-electron chi connectivity index (χ4n) is 5.75. The van der Waals surface area contributed by atoms with Crippen LogP contribution in [0.25, 0.3) is 22.2 Å². The molecule has 5 rings (SSSR count).